The summed E-state index contributed by atoms with van der Waals surface area (Å²) in [7, 11) is 0. The van der Waals surface area contributed by atoms with Crippen LogP contribution in [0.15, 0.2) is 17.1 Å². The number of esters is 1. The van der Waals surface area contributed by atoms with Crippen molar-refractivity contribution in [3.63, 3.8) is 0 Å². The highest BCUT2D eigenvalue weighted by Gasteiger charge is 2.50. The summed E-state index contributed by atoms with van der Waals surface area (Å²) in [5, 5.41) is 26.8. The molecule has 0 aromatic carbocycles. The lowest BCUT2D eigenvalue weighted by atomic mass is 10.1. The van der Waals surface area contributed by atoms with E-state index in [0.29, 0.717) is 6.20 Å². The molecule has 0 aliphatic carbocycles. The highest BCUT2D eigenvalue weighted by Crippen LogP contribution is 2.23. The summed E-state index contributed by atoms with van der Waals surface area (Å²) in [6.07, 6.45) is -4.71. The maximum Gasteiger partial charge on any atom is 0.357 e. The van der Waals surface area contributed by atoms with Crippen LogP contribution in [-0.4, -0.2) is 74.6 Å². The zero-order chi connectivity index (χ0) is 18.5. The fraction of sp³-hybridized carbons (Fsp3) is 0.500. The van der Waals surface area contributed by atoms with Gasteiger partial charge in [0.1, 0.15) is 12.7 Å². The lowest BCUT2D eigenvalue weighted by molar-refractivity contribution is -0.136. The standard InChI is InChI=1S/C12H15F2N3O7/c13-12(14,8(20)7(19)5-18)10(22)17-3-1-6(16-11(17)23)9(21)24-4-2-15/h1,3,7-8,18-20H,2,4-5,15H2/t7-,8-/m1/s1. The van der Waals surface area contributed by atoms with Crippen molar-refractivity contribution >= 4 is 11.9 Å². The van der Waals surface area contributed by atoms with Gasteiger partial charge in [-0.2, -0.15) is 13.8 Å². The van der Waals surface area contributed by atoms with Crippen LogP contribution < -0.4 is 11.4 Å². The molecule has 24 heavy (non-hydrogen) atoms. The van der Waals surface area contributed by atoms with E-state index in [2.05, 4.69) is 9.72 Å². The van der Waals surface area contributed by atoms with E-state index in [9.17, 15) is 28.3 Å². The second-order valence-corrected chi connectivity index (χ2v) is 4.51. The largest absolute Gasteiger partial charge is 0.460 e. The molecular weight excluding hydrogens is 336 g/mol. The topological polar surface area (TPSA) is 165 Å². The summed E-state index contributed by atoms with van der Waals surface area (Å²) >= 11 is 0. The predicted octanol–water partition coefficient (Wildman–Crippen LogP) is -2.65. The van der Waals surface area contributed by atoms with E-state index in [1.807, 2.05) is 0 Å². The molecule has 0 unspecified atom stereocenters. The van der Waals surface area contributed by atoms with Gasteiger partial charge in [-0.3, -0.25) is 4.79 Å². The van der Waals surface area contributed by atoms with E-state index < -0.39 is 48.0 Å². The van der Waals surface area contributed by atoms with Gasteiger partial charge in [0.15, 0.2) is 11.8 Å². The molecular formula is C12H15F2N3O7. The molecule has 0 aliphatic heterocycles. The molecule has 1 heterocycles. The van der Waals surface area contributed by atoms with Crippen molar-refractivity contribution in [2.45, 2.75) is 18.1 Å². The summed E-state index contributed by atoms with van der Waals surface area (Å²) in [6.45, 7) is -1.38. The van der Waals surface area contributed by atoms with E-state index in [1.165, 1.54) is 0 Å². The highest BCUT2D eigenvalue weighted by molar-refractivity contribution is 5.89. The summed E-state index contributed by atoms with van der Waals surface area (Å²) in [5.41, 5.74) is 3.06. The Morgan fingerprint density at radius 2 is 2.04 bits per heavy atom. The fourth-order valence-corrected chi connectivity index (χ4v) is 1.53. The Bertz CT molecular complexity index is 664. The number of carbonyl (C=O) groups excluding carboxylic acids is 2. The number of ether oxygens (including phenoxy) is 1. The van der Waals surface area contributed by atoms with E-state index >= 15 is 0 Å². The van der Waals surface area contributed by atoms with Crippen LogP contribution in [0.1, 0.15) is 15.3 Å². The summed E-state index contributed by atoms with van der Waals surface area (Å²) in [6, 6.07) is 0.781. The molecule has 1 aromatic heterocycles. The predicted molar refractivity (Wildman–Crippen MR) is 72.5 cm³/mol. The van der Waals surface area contributed by atoms with Crippen LogP contribution in [0.2, 0.25) is 0 Å². The Morgan fingerprint density at radius 3 is 2.54 bits per heavy atom. The van der Waals surface area contributed by atoms with Gasteiger partial charge in [0, 0.05) is 12.7 Å². The third-order valence-electron chi connectivity index (χ3n) is 2.79. The minimum Gasteiger partial charge on any atom is -0.460 e. The number of aromatic nitrogens is 2. The van der Waals surface area contributed by atoms with Crippen molar-refractivity contribution in [1.29, 1.82) is 0 Å². The second kappa shape index (κ2) is 8.01. The summed E-state index contributed by atoms with van der Waals surface area (Å²) in [4.78, 5) is 37.9. The summed E-state index contributed by atoms with van der Waals surface area (Å²) in [5.74, 6) is -7.82. The van der Waals surface area contributed by atoms with Crippen molar-refractivity contribution in [1.82, 2.24) is 9.55 Å². The number of alkyl halides is 2. The fourth-order valence-electron chi connectivity index (χ4n) is 1.53. The van der Waals surface area contributed by atoms with E-state index in [4.69, 9.17) is 15.9 Å². The van der Waals surface area contributed by atoms with Crippen molar-refractivity contribution in [2.75, 3.05) is 19.8 Å². The van der Waals surface area contributed by atoms with Crippen molar-refractivity contribution in [2.24, 2.45) is 5.73 Å². The first-order chi connectivity index (χ1) is 11.2. The number of hydrogen-bond donors (Lipinski definition) is 4. The van der Waals surface area contributed by atoms with Crippen LogP contribution in [-0.2, 0) is 4.74 Å². The number of carbonyl (C=O) groups is 2. The Labute approximate surface area is 133 Å². The minimum atomic E-state index is -4.59. The SMILES string of the molecule is NCCOC(=O)c1ccn(C(=O)C(F)(F)[C@H](O)[C@H](O)CO)c(=O)n1. The van der Waals surface area contributed by atoms with Crippen LogP contribution in [0.5, 0.6) is 0 Å². The van der Waals surface area contributed by atoms with Gasteiger partial charge in [-0.1, -0.05) is 0 Å². The van der Waals surface area contributed by atoms with Crippen molar-refractivity contribution in [3.8, 4) is 0 Å². The van der Waals surface area contributed by atoms with E-state index in [1.54, 1.807) is 0 Å². The molecule has 0 saturated carbocycles. The maximum absolute atomic E-state index is 13.8. The quantitative estimate of drug-likeness (QED) is 0.384. The first-order valence-corrected chi connectivity index (χ1v) is 6.53. The molecule has 2 atom stereocenters. The Morgan fingerprint density at radius 1 is 1.42 bits per heavy atom. The number of aliphatic hydroxyl groups excluding tert-OH is 3. The van der Waals surface area contributed by atoms with Crippen LogP contribution in [0.3, 0.4) is 0 Å². The number of rotatable bonds is 7. The molecule has 0 amide bonds. The third-order valence-corrected chi connectivity index (χ3v) is 2.79. The van der Waals surface area contributed by atoms with Gasteiger partial charge in [0.05, 0.1) is 6.61 Å². The van der Waals surface area contributed by atoms with Crippen LogP contribution >= 0.6 is 0 Å². The molecule has 12 heteroatoms. The lowest BCUT2D eigenvalue weighted by Crippen LogP contribution is -2.53. The number of aliphatic hydroxyl groups is 3. The maximum atomic E-state index is 13.8. The molecule has 0 aliphatic rings. The average Bonchev–Trinajstić information content (AvgIpc) is 2.57. The smallest absolute Gasteiger partial charge is 0.357 e. The number of halogens is 2. The first-order valence-electron chi connectivity index (χ1n) is 6.53. The summed E-state index contributed by atoms with van der Waals surface area (Å²) < 4.78 is 32.0. The molecule has 0 radical (unpaired) electrons. The van der Waals surface area contributed by atoms with Gasteiger partial charge in [0.25, 0.3) is 0 Å². The van der Waals surface area contributed by atoms with Gasteiger partial charge >= 0.3 is 23.5 Å². The second-order valence-electron chi connectivity index (χ2n) is 4.51. The zero-order valence-corrected chi connectivity index (χ0v) is 12.1. The van der Waals surface area contributed by atoms with Gasteiger partial charge in [-0.25, -0.2) is 14.2 Å². The van der Waals surface area contributed by atoms with Crippen molar-refractivity contribution < 1.29 is 38.4 Å². The van der Waals surface area contributed by atoms with Gasteiger partial charge in [-0.05, 0) is 6.07 Å². The molecule has 1 aromatic rings. The lowest BCUT2D eigenvalue weighted by Gasteiger charge is -2.24. The van der Waals surface area contributed by atoms with Gasteiger partial charge in [0.2, 0.25) is 0 Å². The number of hydrogen-bond acceptors (Lipinski definition) is 9. The van der Waals surface area contributed by atoms with Crippen LogP contribution in [0.4, 0.5) is 8.78 Å². The molecule has 0 saturated heterocycles. The molecule has 10 nitrogen and oxygen atoms in total. The first kappa shape index (κ1) is 19.8. The third kappa shape index (κ3) is 4.17. The Kier molecular flexibility index (Phi) is 6.60. The molecule has 0 spiro atoms. The van der Waals surface area contributed by atoms with Gasteiger partial charge in [-0.15, -0.1) is 0 Å². The molecule has 0 bridgehead atoms. The average molecular weight is 351 g/mol. The minimum absolute atomic E-state index is 0.0125. The van der Waals surface area contributed by atoms with Crippen molar-refractivity contribution in [3.05, 3.63) is 28.4 Å². The molecule has 1 rings (SSSR count). The van der Waals surface area contributed by atoms with E-state index in [-0.39, 0.29) is 17.7 Å². The molecule has 134 valence electrons. The normalized spacial score (nSPS) is 14.1. The monoisotopic (exact) mass is 351 g/mol. The van der Waals surface area contributed by atoms with E-state index in [0.717, 1.165) is 6.07 Å². The number of nitrogens with zero attached hydrogens (tertiary/aromatic N) is 2. The Balaban J connectivity index is 3.08. The number of nitrogens with two attached hydrogens (primary N) is 1. The van der Waals surface area contributed by atoms with Gasteiger partial charge < -0.3 is 25.8 Å². The Hall–Kier alpha value is -2.28. The molecule has 0 fully saturated rings. The highest BCUT2D eigenvalue weighted by atomic mass is 19.3. The molecule has 5 N–H and O–H groups in total. The van der Waals surface area contributed by atoms with Crippen LogP contribution in [0.25, 0.3) is 0 Å². The van der Waals surface area contributed by atoms with Crippen LogP contribution in [0, 0.1) is 0 Å². The zero-order valence-electron chi connectivity index (χ0n) is 12.1.